The number of fused-ring (bicyclic) bond motifs is 3. The third kappa shape index (κ3) is 2.69. The normalized spacial score (nSPS) is 34.1. The predicted octanol–water partition coefficient (Wildman–Crippen LogP) is 0.322. The lowest BCUT2D eigenvalue weighted by Gasteiger charge is -2.57. The molecule has 0 aliphatic carbocycles. The second-order valence-electron chi connectivity index (χ2n) is 7.78. The molecule has 142 valence electrons. The van der Waals surface area contributed by atoms with E-state index in [0.717, 1.165) is 5.69 Å². The van der Waals surface area contributed by atoms with E-state index in [-0.39, 0.29) is 29.2 Å². The molecule has 3 aliphatic heterocycles. The molecule has 3 saturated heterocycles. The van der Waals surface area contributed by atoms with E-state index in [1.165, 1.54) is 12.1 Å². The number of carbonyl (C=O) groups excluding carboxylic acids is 1. The van der Waals surface area contributed by atoms with Gasteiger partial charge in [-0.1, -0.05) is 0 Å². The third-order valence-corrected chi connectivity index (χ3v) is 6.45. The van der Waals surface area contributed by atoms with Gasteiger partial charge in [0.15, 0.2) is 5.43 Å². The van der Waals surface area contributed by atoms with Crippen LogP contribution in [0.1, 0.15) is 29.0 Å². The highest BCUT2D eigenvalue weighted by molar-refractivity contribution is 5.93. The maximum atomic E-state index is 13.4. The van der Waals surface area contributed by atoms with Crippen molar-refractivity contribution in [2.75, 3.05) is 33.0 Å². The summed E-state index contributed by atoms with van der Waals surface area (Å²) in [5.74, 6) is -0.410. The van der Waals surface area contributed by atoms with Crippen LogP contribution in [0.3, 0.4) is 0 Å². The number of aryl methyl sites for hydroxylation is 1. The van der Waals surface area contributed by atoms with E-state index < -0.39 is 5.60 Å². The lowest BCUT2D eigenvalue weighted by molar-refractivity contribution is -0.212. The highest BCUT2D eigenvalue weighted by Crippen LogP contribution is 2.44. The lowest BCUT2D eigenvalue weighted by atomic mass is 9.66. The van der Waals surface area contributed by atoms with Gasteiger partial charge in [-0.25, -0.2) is 0 Å². The summed E-state index contributed by atoms with van der Waals surface area (Å²) < 4.78 is 13.0. The summed E-state index contributed by atoms with van der Waals surface area (Å²) in [6.07, 6.45) is 1.28. The molecule has 0 bridgehead atoms. The van der Waals surface area contributed by atoms with E-state index in [9.17, 15) is 14.7 Å². The van der Waals surface area contributed by atoms with Gasteiger partial charge >= 0.3 is 0 Å². The molecule has 0 spiro atoms. The van der Waals surface area contributed by atoms with Crippen LogP contribution in [0.15, 0.2) is 16.9 Å². The minimum atomic E-state index is -0.849. The number of piperidine rings is 1. The van der Waals surface area contributed by atoms with Crippen molar-refractivity contribution in [1.29, 1.82) is 0 Å². The van der Waals surface area contributed by atoms with Gasteiger partial charge in [-0.15, -0.1) is 0 Å². The monoisotopic (exact) mass is 362 g/mol. The van der Waals surface area contributed by atoms with E-state index in [1.807, 2.05) is 11.8 Å². The molecule has 26 heavy (non-hydrogen) atoms. The third-order valence-electron chi connectivity index (χ3n) is 6.45. The fourth-order valence-electron chi connectivity index (χ4n) is 4.81. The first-order chi connectivity index (χ1) is 12.4. The van der Waals surface area contributed by atoms with Crippen LogP contribution in [-0.2, 0) is 16.5 Å². The fraction of sp³-hybridized carbons (Fsp3) is 0.684. The van der Waals surface area contributed by atoms with Crippen molar-refractivity contribution in [3.63, 3.8) is 0 Å². The molecular weight excluding hydrogens is 336 g/mol. The van der Waals surface area contributed by atoms with Crippen molar-refractivity contribution in [3.05, 3.63) is 33.7 Å². The summed E-state index contributed by atoms with van der Waals surface area (Å²) in [6, 6.07) is 2.85. The van der Waals surface area contributed by atoms with Gasteiger partial charge in [0.2, 0.25) is 0 Å². The van der Waals surface area contributed by atoms with Crippen molar-refractivity contribution in [3.8, 4) is 0 Å². The number of carbonyl (C=O) groups is 1. The Morgan fingerprint density at radius 3 is 2.85 bits per heavy atom. The van der Waals surface area contributed by atoms with Gasteiger partial charge in [0.25, 0.3) is 5.91 Å². The standard InChI is InChI=1S/C19H26N2O5/c1-12-7-14(22)8-17(20(12)2)18(23)21-9-13-10-26-6-4-19(13,24)15-11-25-5-3-16(15)21/h7-8,13,15-16,24H,3-6,9-11H2,1-2H3/t13-,15+,16-,19-/m0/s1. The number of hydrogen-bond donors (Lipinski definition) is 1. The summed E-state index contributed by atoms with van der Waals surface area (Å²) in [7, 11) is 1.80. The van der Waals surface area contributed by atoms with E-state index in [0.29, 0.717) is 51.5 Å². The molecule has 3 fully saturated rings. The first kappa shape index (κ1) is 17.7. The number of pyridine rings is 1. The smallest absolute Gasteiger partial charge is 0.270 e. The quantitative estimate of drug-likeness (QED) is 0.778. The molecule has 4 heterocycles. The van der Waals surface area contributed by atoms with E-state index >= 15 is 0 Å². The average molecular weight is 362 g/mol. The number of likely N-dealkylation sites (tertiary alicyclic amines) is 1. The Kier molecular flexibility index (Phi) is 4.41. The molecule has 0 unspecified atom stereocenters. The van der Waals surface area contributed by atoms with Crippen LogP contribution in [0, 0.1) is 18.8 Å². The number of ether oxygens (including phenoxy) is 2. The Bertz CT molecular complexity index is 776. The molecule has 1 amide bonds. The highest BCUT2D eigenvalue weighted by atomic mass is 16.5. The molecule has 0 saturated carbocycles. The second kappa shape index (κ2) is 6.48. The Morgan fingerprint density at radius 1 is 1.27 bits per heavy atom. The van der Waals surface area contributed by atoms with Crippen LogP contribution in [0.5, 0.6) is 0 Å². The van der Waals surface area contributed by atoms with Crippen molar-refractivity contribution >= 4 is 5.91 Å². The van der Waals surface area contributed by atoms with Gasteiger partial charge < -0.3 is 24.0 Å². The first-order valence-corrected chi connectivity index (χ1v) is 9.28. The van der Waals surface area contributed by atoms with E-state index in [2.05, 4.69) is 0 Å². The molecule has 7 nitrogen and oxygen atoms in total. The molecule has 7 heteroatoms. The number of rotatable bonds is 1. The number of aromatic nitrogens is 1. The van der Waals surface area contributed by atoms with Crippen molar-refractivity contribution in [2.45, 2.75) is 31.4 Å². The van der Waals surface area contributed by atoms with Gasteiger partial charge in [0, 0.05) is 68.9 Å². The molecule has 4 rings (SSSR count). The molecular formula is C19H26N2O5. The maximum Gasteiger partial charge on any atom is 0.270 e. The van der Waals surface area contributed by atoms with Gasteiger partial charge in [-0.05, 0) is 13.3 Å². The predicted molar refractivity (Wildman–Crippen MR) is 94.0 cm³/mol. The fourth-order valence-corrected chi connectivity index (χ4v) is 4.81. The van der Waals surface area contributed by atoms with Crippen LogP contribution in [0.4, 0.5) is 0 Å². The van der Waals surface area contributed by atoms with E-state index in [1.54, 1.807) is 11.6 Å². The highest BCUT2D eigenvalue weighted by Gasteiger charge is 2.56. The summed E-state index contributed by atoms with van der Waals surface area (Å²) >= 11 is 0. The maximum absolute atomic E-state index is 13.4. The van der Waals surface area contributed by atoms with E-state index in [4.69, 9.17) is 9.47 Å². The summed E-state index contributed by atoms with van der Waals surface area (Å²) in [6.45, 7) is 4.27. The summed E-state index contributed by atoms with van der Waals surface area (Å²) in [5.41, 5.74) is 0.127. The van der Waals surface area contributed by atoms with Crippen molar-refractivity contribution in [2.24, 2.45) is 18.9 Å². The SMILES string of the molecule is Cc1cc(=O)cc(C(=O)N2C[C@H]3COCC[C@@]3(O)[C@@H]3COCC[C@@H]32)n1C. The topological polar surface area (TPSA) is 81.0 Å². The average Bonchev–Trinajstić information content (AvgIpc) is 2.63. The van der Waals surface area contributed by atoms with Crippen LogP contribution >= 0.6 is 0 Å². The lowest BCUT2D eigenvalue weighted by Crippen LogP contribution is -2.69. The Morgan fingerprint density at radius 2 is 2.04 bits per heavy atom. The van der Waals surface area contributed by atoms with Gasteiger partial charge in [0.1, 0.15) is 5.69 Å². The Balaban J connectivity index is 1.72. The van der Waals surface area contributed by atoms with Crippen LogP contribution in [-0.4, -0.2) is 65.1 Å². The first-order valence-electron chi connectivity index (χ1n) is 9.28. The zero-order chi connectivity index (χ0) is 18.5. The molecule has 0 radical (unpaired) electrons. The zero-order valence-electron chi connectivity index (χ0n) is 15.3. The zero-order valence-corrected chi connectivity index (χ0v) is 15.3. The summed E-state index contributed by atoms with van der Waals surface area (Å²) in [5, 5.41) is 11.3. The number of nitrogens with zero attached hydrogens (tertiary/aromatic N) is 2. The second-order valence-corrected chi connectivity index (χ2v) is 7.78. The van der Waals surface area contributed by atoms with Crippen LogP contribution in [0.25, 0.3) is 0 Å². The Labute approximate surface area is 152 Å². The molecule has 3 aliphatic rings. The number of aliphatic hydroxyl groups is 1. The minimum Gasteiger partial charge on any atom is -0.389 e. The van der Waals surface area contributed by atoms with Gasteiger partial charge in [0.05, 0.1) is 18.8 Å². The number of amides is 1. The van der Waals surface area contributed by atoms with Crippen molar-refractivity contribution < 1.29 is 19.4 Å². The molecule has 1 aromatic heterocycles. The Hall–Kier alpha value is -1.70. The minimum absolute atomic E-state index is 0.0776. The van der Waals surface area contributed by atoms with Gasteiger partial charge in [-0.2, -0.15) is 0 Å². The largest absolute Gasteiger partial charge is 0.389 e. The molecule has 4 atom stereocenters. The van der Waals surface area contributed by atoms with Crippen LogP contribution in [0.2, 0.25) is 0 Å². The van der Waals surface area contributed by atoms with Gasteiger partial charge in [-0.3, -0.25) is 9.59 Å². The van der Waals surface area contributed by atoms with Crippen LogP contribution < -0.4 is 5.43 Å². The molecule has 1 N–H and O–H groups in total. The van der Waals surface area contributed by atoms with Crippen molar-refractivity contribution in [1.82, 2.24) is 9.47 Å². The molecule has 0 aromatic carbocycles. The summed E-state index contributed by atoms with van der Waals surface area (Å²) in [4.78, 5) is 27.2. The molecule has 1 aromatic rings. The number of hydrogen-bond acceptors (Lipinski definition) is 5.